The summed E-state index contributed by atoms with van der Waals surface area (Å²) in [6.45, 7) is 2.06. The van der Waals surface area contributed by atoms with Gasteiger partial charge in [-0.15, -0.1) is 0 Å². The highest BCUT2D eigenvalue weighted by molar-refractivity contribution is 5.90. The zero-order valence-corrected chi connectivity index (χ0v) is 9.26. The highest BCUT2D eigenvalue weighted by atomic mass is 16.5. The van der Waals surface area contributed by atoms with Crippen molar-refractivity contribution in [1.82, 2.24) is 5.32 Å². The molecule has 15 heavy (non-hydrogen) atoms. The van der Waals surface area contributed by atoms with Crippen molar-refractivity contribution < 1.29 is 9.53 Å². The van der Waals surface area contributed by atoms with Crippen molar-refractivity contribution in [3.8, 4) is 5.75 Å². The Labute approximate surface area is 89.6 Å². The zero-order valence-electron chi connectivity index (χ0n) is 9.26. The molecule has 0 spiro atoms. The van der Waals surface area contributed by atoms with Crippen LogP contribution in [0, 0.1) is 0 Å². The second kappa shape index (κ2) is 5.24. The molecule has 0 atom stereocenters. The summed E-state index contributed by atoms with van der Waals surface area (Å²) in [7, 11) is 3.15. The standard InChI is InChI=1S/C11H16N2O2/c1-4-8-5-6-10(15-3)9(7-8)13-11(14)12-2/h5-7H,4H2,1-3H3,(H2,12,13,14). The molecule has 0 aromatic heterocycles. The number of methoxy groups -OCH3 is 1. The third kappa shape index (κ3) is 2.87. The minimum absolute atomic E-state index is 0.249. The van der Waals surface area contributed by atoms with Crippen LogP contribution in [-0.4, -0.2) is 20.2 Å². The quantitative estimate of drug-likeness (QED) is 0.798. The Morgan fingerprint density at radius 2 is 2.20 bits per heavy atom. The Kier molecular flexibility index (Phi) is 3.97. The minimum atomic E-state index is -0.249. The van der Waals surface area contributed by atoms with Crippen LogP contribution in [-0.2, 0) is 6.42 Å². The second-order valence-corrected chi connectivity index (χ2v) is 3.09. The molecule has 1 rings (SSSR count). The summed E-state index contributed by atoms with van der Waals surface area (Å²) < 4.78 is 5.15. The van der Waals surface area contributed by atoms with E-state index in [0.717, 1.165) is 12.0 Å². The van der Waals surface area contributed by atoms with Gasteiger partial charge < -0.3 is 15.4 Å². The molecule has 0 radical (unpaired) electrons. The fourth-order valence-electron chi connectivity index (χ4n) is 1.26. The average molecular weight is 208 g/mol. The maximum absolute atomic E-state index is 11.2. The van der Waals surface area contributed by atoms with Gasteiger partial charge in [-0.3, -0.25) is 0 Å². The van der Waals surface area contributed by atoms with E-state index in [4.69, 9.17) is 4.74 Å². The molecule has 2 N–H and O–H groups in total. The predicted octanol–water partition coefficient (Wildman–Crippen LogP) is 2.01. The van der Waals surface area contributed by atoms with Crippen molar-refractivity contribution in [3.05, 3.63) is 23.8 Å². The first-order valence-corrected chi connectivity index (χ1v) is 4.87. The number of ether oxygens (including phenoxy) is 1. The maximum Gasteiger partial charge on any atom is 0.319 e. The zero-order chi connectivity index (χ0) is 11.3. The topological polar surface area (TPSA) is 50.4 Å². The molecule has 0 aliphatic carbocycles. The lowest BCUT2D eigenvalue weighted by molar-refractivity contribution is 0.254. The number of amides is 2. The Bertz CT molecular complexity index is 350. The number of hydrogen-bond acceptors (Lipinski definition) is 2. The minimum Gasteiger partial charge on any atom is -0.495 e. The highest BCUT2D eigenvalue weighted by Crippen LogP contribution is 2.25. The van der Waals surface area contributed by atoms with Crippen LogP contribution in [0.25, 0.3) is 0 Å². The SMILES string of the molecule is CCc1ccc(OC)c(NC(=O)NC)c1. The summed E-state index contributed by atoms with van der Waals surface area (Å²) in [6, 6.07) is 5.49. The fraction of sp³-hybridized carbons (Fsp3) is 0.364. The van der Waals surface area contributed by atoms with E-state index in [0.29, 0.717) is 11.4 Å². The largest absolute Gasteiger partial charge is 0.495 e. The molecular formula is C11H16N2O2. The van der Waals surface area contributed by atoms with Gasteiger partial charge in [0, 0.05) is 7.05 Å². The molecule has 4 heteroatoms. The third-order valence-electron chi connectivity index (χ3n) is 2.15. The fourth-order valence-corrected chi connectivity index (χ4v) is 1.26. The predicted molar refractivity (Wildman–Crippen MR) is 60.5 cm³/mol. The van der Waals surface area contributed by atoms with Crippen molar-refractivity contribution in [2.24, 2.45) is 0 Å². The van der Waals surface area contributed by atoms with Gasteiger partial charge in [0.05, 0.1) is 12.8 Å². The lowest BCUT2D eigenvalue weighted by Crippen LogP contribution is -2.24. The lowest BCUT2D eigenvalue weighted by Gasteiger charge is -2.11. The average Bonchev–Trinajstić information content (AvgIpc) is 2.28. The summed E-state index contributed by atoms with van der Waals surface area (Å²) in [6.07, 6.45) is 0.923. The Balaban J connectivity index is 2.95. The van der Waals surface area contributed by atoms with E-state index >= 15 is 0 Å². The van der Waals surface area contributed by atoms with E-state index in [1.54, 1.807) is 14.2 Å². The van der Waals surface area contributed by atoms with Gasteiger partial charge in [-0.2, -0.15) is 0 Å². The normalized spacial score (nSPS) is 9.53. The van der Waals surface area contributed by atoms with Gasteiger partial charge in [-0.05, 0) is 24.1 Å². The number of anilines is 1. The molecule has 0 aliphatic heterocycles. The van der Waals surface area contributed by atoms with Crippen LogP contribution < -0.4 is 15.4 Å². The summed E-state index contributed by atoms with van der Waals surface area (Å²) >= 11 is 0. The Morgan fingerprint density at radius 3 is 2.73 bits per heavy atom. The monoisotopic (exact) mass is 208 g/mol. The van der Waals surface area contributed by atoms with Gasteiger partial charge in [0.2, 0.25) is 0 Å². The Hall–Kier alpha value is -1.71. The molecule has 1 aromatic carbocycles. The number of urea groups is 1. The van der Waals surface area contributed by atoms with Crippen LogP contribution in [0.1, 0.15) is 12.5 Å². The van der Waals surface area contributed by atoms with E-state index in [-0.39, 0.29) is 6.03 Å². The van der Waals surface area contributed by atoms with Crippen molar-refractivity contribution in [3.63, 3.8) is 0 Å². The van der Waals surface area contributed by atoms with E-state index in [2.05, 4.69) is 17.6 Å². The van der Waals surface area contributed by atoms with E-state index in [1.807, 2.05) is 18.2 Å². The molecule has 82 valence electrons. The molecule has 0 unspecified atom stereocenters. The molecule has 0 heterocycles. The molecule has 4 nitrogen and oxygen atoms in total. The van der Waals surface area contributed by atoms with Gasteiger partial charge in [-0.25, -0.2) is 4.79 Å². The van der Waals surface area contributed by atoms with Crippen molar-refractivity contribution in [2.75, 3.05) is 19.5 Å². The van der Waals surface area contributed by atoms with Crippen LogP contribution >= 0.6 is 0 Å². The molecule has 0 fully saturated rings. The smallest absolute Gasteiger partial charge is 0.319 e. The molecule has 1 aromatic rings. The van der Waals surface area contributed by atoms with Crippen LogP contribution in [0.2, 0.25) is 0 Å². The van der Waals surface area contributed by atoms with Gasteiger partial charge in [0.15, 0.2) is 0 Å². The van der Waals surface area contributed by atoms with Crippen LogP contribution in [0.5, 0.6) is 5.75 Å². The number of rotatable bonds is 3. The molecule has 0 saturated carbocycles. The summed E-state index contributed by atoms with van der Waals surface area (Å²) in [5.41, 5.74) is 1.85. The van der Waals surface area contributed by atoms with Crippen LogP contribution in [0.4, 0.5) is 10.5 Å². The lowest BCUT2D eigenvalue weighted by atomic mass is 10.1. The second-order valence-electron chi connectivity index (χ2n) is 3.09. The van der Waals surface area contributed by atoms with Crippen molar-refractivity contribution in [1.29, 1.82) is 0 Å². The van der Waals surface area contributed by atoms with E-state index in [1.165, 1.54) is 0 Å². The summed E-state index contributed by atoms with van der Waals surface area (Å²) in [4.78, 5) is 11.2. The summed E-state index contributed by atoms with van der Waals surface area (Å²) in [5.74, 6) is 0.663. The highest BCUT2D eigenvalue weighted by Gasteiger charge is 2.06. The first kappa shape index (κ1) is 11.4. The third-order valence-corrected chi connectivity index (χ3v) is 2.15. The van der Waals surface area contributed by atoms with Gasteiger partial charge in [0.1, 0.15) is 5.75 Å². The summed E-state index contributed by atoms with van der Waals surface area (Å²) in [5, 5.41) is 5.21. The Morgan fingerprint density at radius 1 is 1.47 bits per heavy atom. The number of aryl methyl sites for hydroxylation is 1. The van der Waals surface area contributed by atoms with Crippen LogP contribution in [0.15, 0.2) is 18.2 Å². The van der Waals surface area contributed by atoms with Crippen LogP contribution in [0.3, 0.4) is 0 Å². The van der Waals surface area contributed by atoms with Gasteiger partial charge in [-0.1, -0.05) is 13.0 Å². The van der Waals surface area contributed by atoms with E-state index < -0.39 is 0 Å². The maximum atomic E-state index is 11.2. The van der Waals surface area contributed by atoms with Crippen molar-refractivity contribution in [2.45, 2.75) is 13.3 Å². The molecule has 2 amide bonds. The molecule has 0 saturated heterocycles. The number of carbonyl (C=O) groups excluding carboxylic acids is 1. The van der Waals surface area contributed by atoms with Gasteiger partial charge >= 0.3 is 6.03 Å². The number of benzene rings is 1. The van der Waals surface area contributed by atoms with E-state index in [9.17, 15) is 4.79 Å². The molecule has 0 aliphatic rings. The number of carbonyl (C=O) groups is 1. The first-order valence-electron chi connectivity index (χ1n) is 4.87. The number of nitrogens with one attached hydrogen (secondary N) is 2. The first-order chi connectivity index (χ1) is 7.21. The number of hydrogen-bond donors (Lipinski definition) is 2. The molecule has 0 bridgehead atoms. The van der Waals surface area contributed by atoms with Gasteiger partial charge in [0.25, 0.3) is 0 Å². The van der Waals surface area contributed by atoms with Crippen molar-refractivity contribution >= 4 is 11.7 Å². The molecular weight excluding hydrogens is 192 g/mol.